The molecule has 300 valence electrons. The molecule has 0 saturated heterocycles. The lowest BCUT2D eigenvalue weighted by atomic mass is 9.79. The molecule has 0 aliphatic heterocycles. The Bertz CT molecular complexity index is 2100. The second-order valence-corrected chi connectivity index (χ2v) is 15.1. The third-order valence-corrected chi connectivity index (χ3v) is 10.1. The molecular weight excluding hydrogens is 733 g/mol. The SMILES string of the molecule is C=CCOC(=O)C(CNC(=O)OCC1c2ccccc2-c2ccccc21)(CNC(=O)OC(C)(C)C)COC(c1ccccc1)(c1ccccc1)c1ccc(OC)cc1. The van der Waals surface area contributed by atoms with E-state index in [0.29, 0.717) is 5.75 Å². The van der Waals surface area contributed by atoms with E-state index >= 15 is 0 Å². The van der Waals surface area contributed by atoms with Crippen molar-refractivity contribution in [2.45, 2.75) is 37.9 Å². The first-order valence-electron chi connectivity index (χ1n) is 19.2. The number of benzene rings is 5. The van der Waals surface area contributed by atoms with Crippen LogP contribution >= 0.6 is 0 Å². The highest BCUT2D eigenvalue weighted by molar-refractivity contribution is 5.81. The Labute approximate surface area is 340 Å². The number of rotatable bonds is 16. The van der Waals surface area contributed by atoms with Crippen LogP contribution in [0.1, 0.15) is 54.5 Å². The summed E-state index contributed by atoms with van der Waals surface area (Å²) in [4.78, 5) is 41.3. The summed E-state index contributed by atoms with van der Waals surface area (Å²) in [6.45, 7) is 7.85. The first-order chi connectivity index (χ1) is 28.0. The number of ether oxygens (including phenoxy) is 5. The predicted molar refractivity (Wildman–Crippen MR) is 223 cm³/mol. The van der Waals surface area contributed by atoms with Gasteiger partial charge in [-0.2, -0.15) is 0 Å². The van der Waals surface area contributed by atoms with Crippen LogP contribution in [-0.4, -0.2) is 63.8 Å². The molecule has 5 aromatic carbocycles. The van der Waals surface area contributed by atoms with Gasteiger partial charge in [0.2, 0.25) is 0 Å². The van der Waals surface area contributed by atoms with Crippen LogP contribution in [0.2, 0.25) is 0 Å². The van der Waals surface area contributed by atoms with Gasteiger partial charge in [-0.1, -0.05) is 134 Å². The Morgan fingerprint density at radius 1 is 0.655 bits per heavy atom. The monoisotopic (exact) mass is 782 g/mol. The van der Waals surface area contributed by atoms with Gasteiger partial charge in [0.05, 0.1) is 13.7 Å². The van der Waals surface area contributed by atoms with Crippen molar-refractivity contribution in [3.8, 4) is 16.9 Å². The van der Waals surface area contributed by atoms with Crippen molar-refractivity contribution >= 4 is 18.2 Å². The summed E-state index contributed by atoms with van der Waals surface area (Å²) in [5.74, 6) is -0.276. The Balaban J connectivity index is 1.36. The highest BCUT2D eigenvalue weighted by Crippen LogP contribution is 2.45. The zero-order chi connectivity index (χ0) is 41.2. The molecule has 58 heavy (non-hydrogen) atoms. The van der Waals surface area contributed by atoms with Gasteiger partial charge in [0, 0.05) is 19.0 Å². The number of alkyl carbamates (subject to hydrolysis) is 2. The molecule has 0 bridgehead atoms. The van der Waals surface area contributed by atoms with Gasteiger partial charge in [-0.25, -0.2) is 9.59 Å². The van der Waals surface area contributed by atoms with Crippen molar-refractivity contribution < 1.29 is 38.1 Å². The van der Waals surface area contributed by atoms with E-state index in [1.165, 1.54) is 6.08 Å². The van der Waals surface area contributed by atoms with Crippen LogP contribution in [0.5, 0.6) is 5.75 Å². The third-order valence-electron chi connectivity index (χ3n) is 10.1. The van der Waals surface area contributed by atoms with Crippen molar-refractivity contribution in [2.24, 2.45) is 5.41 Å². The lowest BCUT2D eigenvalue weighted by molar-refractivity contribution is -0.161. The zero-order valence-electron chi connectivity index (χ0n) is 33.4. The molecule has 0 spiro atoms. The first kappa shape index (κ1) is 41.2. The Hall–Kier alpha value is -6.39. The second kappa shape index (κ2) is 18.3. The van der Waals surface area contributed by atoms with Crippen LogP contribution in [0.25, 0.3) is 11.1 Å². The maximum Gasteiger partial charge on any atom is 0.407 e. The van der Waals surface area contributed by atoms with Gasteiger partial charge in [-0.05, 0) is 71.8 Å². The number of fused-ring (bicyclic) bond motifs is 3. The Morgan fingerprint density at radius 2 is 1.16 bits per heavy atom. The highest BCUT2D eigenvalue weighted by atomic mass is 16.6. The van der Waals surface area contributed by atoms with Gasteiger partial charge < -0.3 is 34.3 Å². The largest absolute Gasteiger partial charge is 0.497 e. The maximum atomic E-state index is 14.4. The second-order valence-electron chi connectivity index (χ2n) is 15.1. The molecule has 1 unspecified atom stereocenters. The van der Waals surface area contributed by atoms with Gasteiger partial charge in [-0.3, -0.25) is 4.79 Å². The van der Waals surface area contributed by atoms with E-state index in [2.05, 4.69) is 29.3 Å². The van der Waals surface area contributed by atoms with Crippen LogP contribution in [0.15, 0.2) is 146 Å². The summed E-state index contributed by atoms with van der Waals surface area (Å²) in [6, 6.07) is 42.9. The number of hydrogen-bond acceptors (Lipinski definition) is 8. The lowest BCUT2D eigenvalue weighted by Crippen LogP contribution is -2.55. The van der Waals surface area contributed by atoms with E-state index in [-0.39, 0.29) is 38.8 Å². The summed E-state index contributed by atoms with van der Waals surface area (Å²) in [6.07, 6.45) is -0.0750. The molecule has 5 aromatic rings. The quantitative estimate of drug-likeness (QED) is 0.0441. The number of carbonyl (C=O) groups is 3. The molecule has 0 heterocycles. The molecule has 1 atom stereocenters. The fraction of sp³-hybridized carbons (Fsp3) is 0.271. The molecule has 1 aliphatic rings. The normalized spacial score (nSPS) is 13.2. The average molecular weight is 783 g/mol. The molecular formula is C48H50N2O8. The van der Waals surface area contributed by atoms with Crippen LogP contribution in [0, 0.1) is 5.41 Å². The molecule has 10 heteroatoms. The first-order valence-corrected chi connectivity index (χ1v) is 19.2. The van der Waals surface area contributed by atoms with Crippen molar-refractivity contribution in [3.63, 3.8) is 0 Å². The van der Waals surface area contributed by atoms with E-state index in [4.69, 9.17) is 23.7 Å². The van der Waals surface area contributed by atoms with Gasteiger partial charge in [0.15, 0.2) is 0 Å². The van der Waals surface area contributed by atoms with Crippen molar-refractivity contribution in [1.82, 2.24) is 10.6 Å². The summed E-state index contributed by atoms with van der Waals surface area (Å²) in [5.41, 5.74) is 2.75. The summed E-state index contributed by atoms with van der Waals surface area (Å²) in [7, 11) is 1.59. The van der Waals surface area contributed by atoms with Crippen LogP contribution in [-0.2, 0) is 29.3 Å². The zero-order valence-corrected chi connectivity index (χ0v) is 33.4. The average Bonchev–Trinajstić information content (AvgIpc) is 3.56. The van der Waals surface area contributed by atoms with Gasteiger partial charge in [-0.15, -0.1) is 0 Å². The van der Waals surface area contributed by atoms with E-state index in [0.717, 1.165) is 38.9 Å². The molecule has 0 aromatic heterocycles. The van der Waals surface area contributed by atoms with Crippen molar-refractivity contribution in [2.75, 3.05) is 40.0 Å². The number of hydrogen-bond donors (Lipinski definition) is 2. The summed E-state index contributed by atoms with van der Waals surface area (Å²) in [5, 5.41) is 5.57. The molecule has 0 saturated carbocycles. The number of amides is 2. The van der Waals surface area contributed by atoms with Gasteiger partial charge in [0.1, 0.15) is 35.6 Å². The van der Waals surface area contributed by atoms with E-state index in [9.17, 15) is 14.4 Å². The molecule has 2 N–H and O–H groups in total. The summed E-state index contributed by atoms with van der Waals surface area (Å²) < 4.78 is 29.8. The van der Waals surface area contributed by atoms with Gasteiger partial charge in [0.25, 0.3) is 0 Å². The lowest BCUT2D eigenvalue weighted by Gasteiger charge is -2.40. The molecule has 0 radical (unpaired) electrons. The minimum absolute atomic E-state index is 0.0586. The van der Waals surface area contributed by atoms with Crippen molar-refractivity contribution in [3.05, 3.63) is 174 Å². The standard InChI is InChI=1S/C48H50N2O8/c1-6-29-55-43(51)47(32-50-45(53)58-46(2,3)4,31-49-44(52)56-30-42-40-23-15-13-21-38(40)39-22-14-16-24-41(39)42)33-57-48(34-17-9-7-10-18-34,35-19-11-8-12-20-35)36-25-27-37(54-5)28-26-36/h6-28,42H,1,29-33H2,2-5H3,(H,49,52)(H,50,53). The fourth-order valence-corrected chi connectivity index (χ4v) is 7.27. The van der Waals surface area contributed by atoms with Gasteiger partial charge >= 0.3 is 18.2 Å². The predicted octanol–water partition coefficient (Wildman–Crippen LogP) is 8.78. The minimum Gasteiger partial charge on any atom is -0.497 e. The molecule has 10 nitrogen and oxygen atoms in total. The molecule has 2 amide bonds. The number of methoxy groups -OCH3 is 1. The number of carbonyl (C=O) groups excluding carboxylic acids is 3. The van der Waals surface area contributed by atoms with E-state index in [1.54, 1.807) is 27.9 Å². The highest BCUT2D eigenvalue weighted by Gasteiger charge is 2.47. The summed E-state index contributed by atoms with van der Waals surface area (Å²) >= 11 is 0. The van der Waals surface area contributed by atoms with Crippen molar-refractivity contribution in [1.29, 1.82) is 0 Å². The molecule has 1 aliphatic carbocycles. The topological polar surface area (TPSA) is 121 Å². The smallest absolute Gasteiger partial charge is 0.407 e. The maximum absolute atomic E-state index is 14.4. The number of esters is 1. The minimum atomic E-state index is -1.72. The van der Waals surface area contributed by atoms with E-state index < -0.39 is 34.8 Å². The van der Waals surface area contributed by atoms with Crippen LogP contribution < -0.4 is 15.4 Å². The molecule has 6 rings (SSSR count). The molecule has 0 fully saturated rings. The van der Waals surface area contributed by atoms with Crippen LogP contribution in [0.4, 0.5) is 9.59 Å². The Morgan fingerprint density at radius 3 is 1.67 bits per heavy atom. The van der Waals surface area contributed by atoms with Crippen LogP contribution in [0.3, 0.4) is 0 Å². The number of nitrogens with one attached hydrogen (secondary N) is 2. The van der Waals surface area contributed by atoms with E-state index in [1.807, 2.05) is 121 Å². The Kier molecular flexibility index (Phi) is 13.0. The third kappa shape index (κ3) is 9.24. The fourth-order valence-electron chi connectivity index (χ4n) is 7.27.